The maximum absolute atomic E-state index is 14.3. The van der Waals surface area contributed by atoms with Crippen molar-refractivity contribution in [3.8, 4) is 0 Å². The van der Waals surface area contributed by atoms with E-state index in [-0.39, 0.29) is 11.1 Å². The first-order valence-corrected chi connectivity index (χ1v) is 8.11. The molecule has 1 aromatic heterocycles. The Morgan fingerprint density at radius 3 is 2.60 bits per heavy atom. The number of halogens is 4. The fourth-order valence-corrected chi connectivity index (χ4v) is 3.68. The number of benzene rings is 1. The minimum atomic E-state index is -0.429. The zero-order valence-electron chi connectivity index (χ0n) is 10.7. The van der Waals surface area contributed by atoms with E-state index in [0.717, 1.165) is 18.5 Å². The van der Waals surface area contributed by atoms with Crippen LogP contribution < -0.4 is 5.32 Å². The molecule has 0 bridgehead atoms. The normalized spacial score (nSPS) is 12.7. The lowest BCUT2D eigenvalue weighted by molar-refractivity contribution is 0.548. The third-order valence-corrected chi connectivity index (χ3v) is 4.69. The van der Waals surface area contributed by atoms with Crippen LogP contribution in [0.2, 0.25) is 13.7 Å². The van der Waals surface area contributed by atoms with Crippen LogP contribution in [0.1, 0.15) is 30.5 Å². The summed E-state index contributed by atoms with van der Waals surface area (Å²) in [5.74, 6) is -0.429. The van der Waals surface area contributed by atoms with Crippen molar-refractivity contribution < 1.29 is 4.39 Å². The molecule has 1 unspecified atom stereocenters. The summed E-state index contributed by atoms with van der Waals surface area (Å²) < 4.78 is 15.4. The van der Waals surface area contributed by atoms with Gasteiger partial charge in [0.2, 0.25) is 0 Å². The van der Waals surface area contributed by atoms with Crippen molar-refractivity contribution in [2.24, 2.45) is 0 Å². The summed E-state index contributed by atoms with van der Waals surface area (Å²) in [6.45, 7) is 2.78. The maximum atomic E-state index is 14.3. The molecule has 0 saturated heterocycles. The van der Waals surface area contributed by atoms with Crippen molar-refractivity contribution in [1.29, 1.82) is 0 Å². The molecular weight excluding hydrogens is 340 g/mol. The van der Waals surface area contributed by atoms with Crippen molar-refractivity contribution in [1.82, 2.24) is 5.32 Å². The van der Waals surface area contributed by atoms with Gasteiger partial charge in [-0.05, 0) is 25.1 Å². The van der Waals surface area contributed by atoms with E-state index in [2.05, 4.69) is 5.32 Å². The lowest BCUT2D eigenvalue weighted by atomic mass is 10.0. The molecule has 108 valence electrons. The predicted molar refractivity (Wildman–Crippen MR) is 85.9 cm³/mol. The minimum Gasteiger partial charge on any atom is -0.306 e. The van der Waals surface area contributed by atoms with E-state index < -0.39 is 5.82 Å². The summed E-state index contributed by atoms with van der Waals surface area (Å²) >= 11 is 19.3. The second kappa shape index (κ2) is 7.10. The molecule has 0 radical (unpaired) electrons. The average Bonchev–Trinajstić information content (AvgIpc) is 2.74. The molecule has 0 amide bonds. The summed E-state index contributed by atoms with van der Waals surface area (Å²) in [7, 11) is 0. The van der Waals surface area contributed by atoms with Gasteiger partial charge in [-0.15, -0.1) is 11.3 Å². The van der Waals surface area contributed by atoms with E-state index in [9.17, 15) is 4.39 Å². The largest absolute Gasteiger partial charge is 0.306 e. The molecule has 0 aliphatic rings. The number of rotatable bonds is 5. The number of hydrogen-bond donors (Lipinski definition) is 1. The van der Waals surface area contributed by atoms with Crippen LogP contribution in [0.3, 0.4) is 0 Å². The Bertz CT molecular complexity index is 600. The first-order chi connectivity index (χ1) is 9.54. The topological polar surface area (TPSA) is 12.0 Å². The Balaban J connectivity index is 2.47. The van der Waals surface area contributed by atoms with Crippen molar-refractivity contribution in [2.45, 2.75) is 19.4 Å². The molecule has 6 heteroatoms. The third kappa shape index (κ3) is 3.46. The highest BCUT2D eigenvalue weighted by Gasteiger charge is 2.22. The Morgan fingerprint density at radius 2 is 2.00 bits per heavy atom. The van der Waals surface area contributed by atoms with Crippen molar-refractivity contribution in [2.75, 3.05) is 6.54 Å². The predicted octanol–water partition coefficient (Wildman–Crippen LogP) is 5.94. The summed E-state index contributed by atoms with van der Waals surface area (Å²) in [6, 6.07) is 6.37. The molecule has 1 nitrogen and oxygen atoms in total. The zero-order chi connectivity index (χ0) is 14.7. The molecule has 1 aromatic carbocycles. The lowest BCUT2D eigenvalue weighted by Gasteiger charge is -2.19. The molecule has 0 aliphatic heterocycles. The van der Waals surface area contributed by atoms with Gasteiger partial charge in [0, 0.05) is 11.1 Å². The Labute approximate surface area is 136 Å². The molecule has 0 saturated carbocycles. The van der Waals surface area contributed by atoms with Crippen LogP contribution in [-0.2, 0) is 0 Å². The summed E-state index contributed by atoms with van der Waals surface area (Å²) in [4.78, 5) is 0. The van der Waals surface area contributed by atoms with Crippen LogP contribution in [0.25, 0.3) is 0 Å². The van der Waals surface area contributed by atoms with Gasteiger partial charge in [-0.25, -0.2) is 4.39 Å². The van der Waals surface area contributed by atoms with Gasteiger partial charge in [-0.3, -0.25) is 0 Å². The average molecular weight is 353 g/mol. The van der Waals surface area contributed by atoms with E-state index >= 15 is 0 Å². The van der Waals surface area contributed by atoms with Gasteiger partial charge in [-0.2, -0.15) is 0 Å². The SMILES string of the molecule is CCCNC(c1cc(Cl)sc1Cl)c1cccc(Cl)c1F. The highest BCUT2D eigenvalue weighted by molar-refractivity contribution is 7.20. The number of nitrogens with one attached hydrogen (secondary N) is 1. The maximum Gasteiger partial charge on any atom is 0.146 e. The molecule has 1 atom stereocenters. The number of hydrogen-bond acceptors (Lipinski definition) is 2. The molecule has 1 heterocycles. The van der Waals surface area contributed by atoms with Crippen molar-refractivity contribution in [3.05, 3.63) is 54.9 Å². The van der Waals surface area contributed by atoms with E-state index in [4.69, 9.17) is 34.8 Å². The van der Waals surface area contributed by atoms with E-state index in [1.807, 2.05) is 6.92 Å². The van der Waals surface area contributed by atoms with Gasteiger partial charge in [0.05, 0.1) is 19.7 Å². The summed E-state index contributed by atoms with van der Waals surface area (Å²) in [5.41, 5.74) is 1.25. The first-order valence-electron chi connectivity index (χ1n) is 6.16. The van der Waals surface area contributed by atoms with Gasteiger partial charge >= 0.3 is 0 Å². The minimum absolute atomic E-state index is 0.100. The molecule has 0 spiro atoms. The van der Waals surface area contributed by atoms with E-state index in [1.54, 1.807) is 18.2 Å². The Hall–Kier alpha value is -0.320. The van der Waals surface area contributed by atoms with Crippen molar-refractivity contribution >= 4 is 46.1 Å². The quantitative estimate of drug-likeness (QED) is 0.702. The molecule has 20 heavy (non-hydrogen) atoms. The highest BCUT2D eigenvalue weighted by Crippen LogP contribution is 2.38. The molecule has 2 aromatic rings. The molecule has 0 aliphatic carbocycles. The lowest BCUT2D eigenvalue weighted by Crippen LogP contribution is -2.24. The summed E-state index contributed by atoms with van der Waals surface area (Å²) in [6.07, 6.45) is 0.925. The highest BCUT2D eigenvalue weighted by atomic mass is 35.5. The van der Waals surface area contributed by atoms with Gasteiger partial charge in [0.25, 0.3) is 0 Å². The second-order valence-corrected chi connectivity index (χ2v) is 7.00. The Kier molecular flexibility index (Phi) is 5.70. The number of thiophene rings is 1. The third-order valence-electron chi connectivity index (χ3n) is 2.88. The fraction of sp³-hybridized carbons (Fsp3) is 0.286. The molecular formula is C14H13Cl3FNS. The fourth-order valence-electron chi connectivity index (χ4n) is 1.97. The first kappa shape index (κ1) is 16.1. The van der Waals surface area contributed by atoms with Crippen LogP contribution in [0.5, 0.6) is 0 Å². The molecule has 2 rings (SSSR count). The van der Waals surface area contributed by atoms with E-state index in [1.165, 1.54) is 17.4 Å². The Morgan fingerprint density at radius 1 is 1.25 bits per heavy atom. The summed E-state index contributed by atoms with van der Waals surface area (Å²) in [5, 5.41) is 3.39. The van der Waals surface area contributed by atoms with Crippen LogP contribution in [0.15, 0.2) is 24.3 Å². The van der Waals surface area contributed by atoms with Gasteiger partial charge in [0.15, 0.2) is 0 Å². The van der Waals surface area contributed by atoms with Crippen LogP contribution in [0.4, 0.5) is 4.39 Å². The van der Waals surface area contributed by atoms with Gasteiger partial charge < -0.3 is 5.32 Å². The van der Waals surface area contributed by atoms with Crippen LogP contribution in [-0.4, -0.2) is 6.54 Å². The van der Waals surface area contributed by atoms with Crippen LogP contribution in [0, 0.1) is 5.82 Å². The van der Waals surface area contributed by atoms with E-state index in [0.29, 0.717) is 14.2 Å². The molecule has 1 N–H and O–H groups in total. The van der Waals surface area contributed by atoms with Gasteiger partial charge in [0.1, 0.15) is 5.82 Å². The zero-order valence-corrected chi connectivity index (χ0v) is 13.8. The standard InChI is InChI=1S/C14H13Cl3FNS/c1-2-6-19-13(9-7-11(16)20-14(9)17)8-4-3-5-10(15)12(8)18/h3-5,7,13,19H,2,6H2,1H3. The smallest absolute Gasteiger partial charge is 0.146 e. The molecule has 0 fully saturated rings. The second-order valence-electron chi connectivity index (χ2n) is 4.31. The van der Waals surface area contributed by atoms with Crippen LogP contribution >= 0.6 is 46.1 Å². The van der Waals surface area contributed by atoms with Gasteiger partial charge in [-0.1, -0.05) is 53.9 Å². The monoisotopic (exact) mass is 351 g/mol. The van der Waals surface area contributed by atoms with Crippen molar-refractivity contribution in [3.63, 3.8) is 0 Å².